The highest BCUT2D eigenvalue weighted by molar-refractivity contribution is 9.10. The number of hydrogen-bond donors (Lipinski definition) is 1. The van der Waals surface area contributed by atoms with Crippen molar-refractivity contribution in [3.8, 4) is 0 Å². The molecule has 1 aliphatic heterocycles. The molecule has 2 nitrogen and oxygen atoms in total. The number of halogens is 1. The summed E-state index contributed by atoms with van der Waals surface area (Å²) in [7, 11) is 0. The van der Waals surface area contributed by atoms with E-state index in [0.29, 0.717) is 6.10 Å². The lowest BCUT2D eigenvalue weighted by molar-refractivity contribution is -0.00910. The Kier molecular flexibility index (Phi) is 3.55. The van der Waals surface area contributed by atoms with Crippen LogP contribution >= 0.6 is 15.9 Å². The third-order valence-electron chi connectivity index (χ3n) is 2.91. The average Bonchev–Trinajstić information content (AvgIpc) is 2.56. The van der Waals surface area contributed by atoms with E-state index in [9.17, 15) is 0 Å². The molecule has 0 saturated carbocycles. The van der Waals surface area contributed by atoms with Crippen molar-refractivity contribution in [1.29, 1.82) is 0 Å². The standard InChI is InChI=1S/C13H18BrNO/c1-13(2)7-6-12(16-13)9-15-11-5-3-4-10(14)8-11/h3-5,8,12,15H,6-7,9H2,1-2H3. The molecule has 2 rings (SSSR count). The minimum Gasteiger partial charge on any atom is -0.382 e. The molecule has 1 unspecified atom stereocenters. The Hall–Kier alpha value is -0.540. The minimum atomic E-state index is 0.0591. The van der Waals surface area contributed by atoms with Crippen LogP contribution in [0.1, 0.15) is 26.7 Å². The highest BCUT2D eigenvalue weighted by Gasteiger charge is 2.31. The topological polar surface area (TPSA) is 21.3 Å². The molecule has 3 heteroatoms. The predicted molar refractivity (Wildman–Crippen MR) is 70.8 cm³/mol. The van der Waals surface area contributed by atoms with Gasteiger partial charge in [0.15, 0.2) is 0 Å². The van der Waals surface area contributed by atoms with Gasteiger partial charge in [0, 0.05) is 16.7 Å². The Morgan fingerprint density at radius 2 is 2.31 bits per heavy atom. The molecule has 1 atom stereocenters. The van der Waals surface area contributed by atoms with Gasteiger partial charge in [-0.2, -0.15) is 0 Å². The fraction of sp³-hybridized carbons (Fsp3) is 0.538. The maximum Gasteiger partial charge on any atom is 0.0755 e. The number of ether oxygens (including phenoxy) is 1. The Morgan fingerprint density at radius 1 is 1.50 bits per heavy atom. The van der Waals surface area contributed by atoms with E-state index < -0.39 is 0 Å². The van der Waals surface area contributed by atoms with E-state index in [-0.39, 0.29) is 5.60 Å². The van der Waals surface area contributed by atoms with Gasteiger partial charge in [0.05, 0.1) is 11.7 Å². The molecule has 1 N–H and O–H groups in total. The third-order valence-corrected chi connectivity index (χ3v) is 3.41. The van der Waals surface area contributed by atoms with Gasteiger partial charge >= 0.3 is 0 Å². The summed E-state index contributed by atoms with van der Waals surface area (Å²) in [4.78, 5) is 0. The van der Waals surface area contributed by atoms with Crippen molar-refractivity contribution < 1.29 is 4.74 Å². The van der Waals surface area contributed by atoms with Gasteiger partial charge in [-0.3, -0.25) is 0 Å². The highest BCUT2D eigenvalue weighted by Crippen LogP contribution is 2.29. The van der Waals surface area contributed by atoms with Gasteiger partial charge in [-0.15, -0.1) is 0 Å². The number of anilines is 1. The molecular formula is C13H18BrNO. The molecule has 0 aliphatic carbocycles. The summed E-state index contributed by atoms with van der Waals surface area (Å²) >= 11 is 3.46. The van der Waals surface area contributed by atoms with Crippen LogP contribution in [0.5, 0.6) is 0 Å². The fourth-order valence-electron chi connectivity index (χ4n) is 2.05. The molecule has 1 heterocycles. The fourth-order valence-corrected chi connectivity index (χ4v) is 2.45. The zero-order valence-electron chi connectivity index (χ0n) is 9.79. The number of nitrogens with one attached hydrogen (secondary N) is 1. The Labute approximate surface area is 106 Å². The van der Waals surface area contributed by atoms with Crippen molar-refractivity contribution in [2.24, 2.45) is 0 Å². The average molecular weight is 284 g/mol. The summed E-state index contributed by atoms with van der Waals surface area (Å²) in [6, 6.07) is 8.22. The lowest BCUT2D eigenvalue weighted by atomic mass is 10.1. The lowest BCUT2D eigenvalue weighted by Gasteiger charge is -2.19. The molecular weight excluding hydrogens is 266 g/mol. The normalized spacial score (nSPS) is 23.3. The van der Waals surface area contributed by atoms with Crippen LogP contribution in [0.4, 0.5) is 5.69 Å². The summed E-state index contributed by atoms with van der Waals surface area (Å²) in [6.45, 7) is 5.21. The molecule has 0 aromatic heterocycles. The molecule has 88 valence electrons. The van der Waals surface area contributed by atoms with E-state index in [1.807, 2.05) is 12.1 Å². The SMILES string of the molecule is CC1(C)CCC(CNc2cccc(Br)c2)O1. The van der Waals surface area contributed by atoms with Gasteiger partial charge in [-0.1, -0.05) is 22.0 Å². The van der Waals surface area contributed by atoms with E-state index >= 15 is 0 Å². The van der Waals surface area contributed by atoms with E-state index in [1.54, 1.807) is 0 Å². The summed E-state index contributed by atoms with van der Waals surface area (Å²) < 4.78 is 7.03. The van der Waals surface area contributed by atoms with Crippen molar-refractivity contribution >= 4 is 21.6 Å². The monoisotopic (exact) mass is 283 g/mol. The van der Waals surface area contributed by atoms with Crippen LogP contribution in [0, 0.1) is 0 Å². The first kappa shape index (κ1) is 11.9. The van der Waals surface area contributed by atoms with Crippen LogP contribution in [-0.2, 0) is 4.74 Å². The van der Waals surface area contributed by atoms with Crippen LogP contribution in [0.15, 0.2) is 28.7 Å². The van der Waals surface area contributed by atoms with Crippen molar-refractivity contribution in [2.75, 3.05) is 11.9 Å². The van der Waals surface area contributed by atoms with E-state index in [4.69, 9.17) is 4.74 Å². The molecule has 16 heavy (non-hydrogen) atoms. The van der Waals surface area contributed by atoms with Crippen LogP contribution < -0.4 is 5.32 Å². The van der Waals surface area contributed by atoms with Gasteiger partial charge in [0.1, 0.15) is 0 Å². The number of rotatable bonds is 3. The number of benzene rings is 1. The second-order valence-electron chi connectivity index (χ2n) is 4.93. The van der Waals surface area contributed by atoms with Crippen LogP contribution in [-0.4, -0.2) is 18.2 Å². The van der Waals surface area contributed by atoms with Crippen molar-refractivity contribution in [3.63, 3.8) is 0 Å². The maximum absolute atomic E-state index is 5.93. The zero-order valence-corrected chi connectivity index (χ0v) is 11.4. The van der Waals surface area contributed by atoms with E-state index in [1.165, 1.54) is 0 Å². The van der Waals surface area contributed by atoms with Crippen molar-refractivity contribution in [3.05, 3.63) is 28.7 Å². The van der Waals surface area contributed by atoms with Crippen molar-refractivity contribution in [1.82, 2.24) is 0 Å². The molecule has 0 bridgehead atoms. The molecule has 1 fully saturated rings. The maximum atomic E-state index is 5.93. The second kappa shape index (κ2) is 4.76. The molecule has 0 spiro atoms. The van der Waals surface area contributed by atoms with Gasteiger partial charge in [0.25, 0.3) is 0 Å². The van der Waals surface area contributed by atoms with Crippen LogP contribution in [0.25, 0.3) is 0 Å². The molecule has 1 aromatic carbocycles. The van der Waals surface area contributed by atoms with Gasteiger partial charge in [0.2, 0.25) is 0 Å². The third kappa shape index (κ3) is 3.22. The summed E-state index contributed by atoms with van der Waals surface area (Å²) in [6.07, 6.45) is 2.64. The first-order valence-corrected chi connectivity index (χ1v) is 6.52. The molecule has 1 saturated heterocycles. The molecule has 0 amide bonds. The highest BCUT2D eigenvalue weighted by atomic mass is 79.9. The Balaban J connectivity index is 1.84. The first-order chi connectivity index (χ1) is 7.55. The summed E-state index contributed by atoms with van der Waals surface area (Å²) in [5.74, 6) is 0. The smallest absolute Gasteiger partial charge is 0.0755 e. The first-order valence-electron chi connectivity index (χ1n) is 5.72. The van der Waals surface area contributed by atoms with Gasteiger partial charge < -0.3 is 10.1 Å². The molecule has 1 aliphatic rings. The zero-order chi connectivity index (χ0) is 11.6. The quantitative estimate of drug-likeness (QED) is 0.911. The minimum absolute atomic E-state index is 0.0591. The predicted octanol–water partition coefficient (Wildman–Crippen LogP) is 3.82. The van der Waals surface area contributed by atoms with E-state index in [2.05, 4.69) is 47.2 Å². The Bertz CT molecular complexity index is 365. The van der Waals surface area contributed by atoms with Crippen molar-refractivity contribution in [2.45, 2.75) is 38.4 Å². The number of hydrogen-bond acceptors (Lipinski definition) is 2. The summed E-state index contributed by atoms with van der Waals surface area (Å²) in [5, 5.41) is 3.41. The van der Waals surface area contributed by atoms with Gasteiger partial charge in [-0.25, -0.2) is 0 Å². The van der Waals surface area contributed by atoms with Crippen LogP contribution in [0.2, 0.25) is 0 Å². The second-order valence-corrected chi connectivity index (χ2v) is 5.85. The molecule has 0 radical (unpaired) electrons. The Morgan fingerprint density at radius 3 is 2.94 bits per heavy atom. The summed E-state index contributed by atoms with van der Waals surface area (Å²) in [5.41, 5.74) is 1.20. The lowest BCUT2D eigenvalue weighted by Crippen LogP contribution is -2.24. The van der Waals surface area contributed by atoms with Gasteiger partial charge in [-0.05, 0) is 44.9 Å². The largest absolute Gasteiger partial charge is 0.382 e. The van der Waals surface area contributed by atoms with Crippen LogP contribution in [0.3, 0.4) is 0 Å². The van der Waals surface area contributed by atoms with E-state index in [0.717, 1.165) is 29.5 Å². The molecule has 1 aromatic rings.